The summed E-state index contributed by atoms with van der Waals surface area (Å²) in [5.74, 6) is 0.849. The second kappa shape index (κ2) is 11.2. The van der Waals surface area contributed by atoms with Crippen molar-refractivity contribution >= 4 is 6.03 Å². The third kappa shape index (κ3) is 6.04. The minimum atomic E-state index is 0.0192. The van der Waals surface area contributed by atoms with Gasteiger partial charge in [0, 0.05) is 39.3 Å². The molecule has 2 aromatic rings. The Bertz CT molecular complexity index is 940. The van der Waals surface area contributed by atoms with Gasteiger partial charge >= 0.3 is 6.03 Å². The first-order valence-corrected chi connectivity index (χ1v) is 11.8. The zero-order valence-corrected chi connectivity index (χ0v) is 19.4. The highest BCUT2D eigenvalue weighted by Crippen LogP contribution is 2.26. The van der Waals surface area contributed by atoms with Crippen molar-refractivity contribution in [2.45, 2.75) is 25.4 Å². The molecule has 0 unspecified atom stereocenters. The van der Waals surface area contributed by atoms with Gasteiger partial charge in [0.2, 0.25) is 0 Å². The van der Waals surface area contributed by atoms with E-state index in [1.165, 1.54) is 24.0 Å². The second-order valence-corrected chi connectivity index (χ2v) is 8.79. The number of nitrogens with one attached hydrogen (secondary N) is 1. The SMILES string of the molecule is COc1ccc([C@@H](CNC(=O)N2CCN(Cc3ccc(C#N)cc3)CC2)N2CCCC2)cc1. The van der Waals surface area contributed by atoms with Gasteiger partial charge < -0.3 is 15.0 Å². The van der Waals surface area contributed by atoms with Crippen LogP contribution in [-0.4, -0.2) is 73.7 Å². The Morgan fingerprint density at radius 1 is 1.00 bits per heavy atom. The van der Waals surface area contributed by atoms with E-state index in [0.717, 1.165) is 51.6 Å². The summed E-state index contributed by atoms with van der Waals surface area (Å²) in [4.78, 5) is 19.7. The largest absolute Gasteiger partial charge is 0.497 e. The number of hydrogen-bond acceptors (Lipinski definition) is 5. The third-order valence-electron chi connectivity index (χ3n) is 6.68. The number of benzene rings is 2. The van der Waals surface area contributed by atoms with E-state index in [1.54, 1.807) is 7.11 Å². The van der Waals surface area contributed by atoms with E-state index >= 15 is 0 Å². The van der Waals surface area contributed by atoms with Gasteiger partial charge in [0.25, 0.3) is 0 Å². The van der Waals surface area contributed by atoms with Crippen LogP contribution >= 0.6 is 0 Å². The summed E-state index contributed by atoms with van der Waals surface area (Å²) in [5.41, 5.74) is 3.09. The molecule has 2 amide bonds. The lowest BCUT2D eigenvalue weighted by molar-refractivity contribution is 0.132. The molecule has 2 aromatic carbocycles. The normalized spacial score (nSPS) is 18.0. The van der Waals surface area contributed by atoms with Gasteiger partial charge in [0.05, 0.1) is 24.8 Å². The number of carbonyl (C=O) groups is 1. The fraction of sp³-hybridized carbons (Fsp3) is 0.462. The van der Waals surface area contributed by atoms with Gasteiger partial charge in [-0.05, 0) is 61.3 Å². The van der Waals surface area contributed by atoms with Gasteiger partial charge in [-0.15, -0.1) is 0 Å². The topological polar surface area (TPSA) is 71.8 Å². The average molecular weight is 448 g/mol. The molecule has 0 aliphatic carbocycles. The van der Waals surface area contributed by atoms with Crippen molar-refractivity contribution in [3.05, 3.63) is 65.2 Å². The zero-order valence-electron chi connectivity index (χ0n) is 19.4. The van der Waals surface area contributed by atoms with Crippen molar-refractivity contribution in [1.82, 2.24) is 20.0 Å². The Kier molecular flexibility index (Phi) is 7.82. The maximum atomic E-state index is 12.9. The quantitative estimate of drug-likeness (QED) is 0.706. The molecular formula is C26H33N5O2. The molecule has 2 aliphatic rings. The highest BCUT2D eigenvalue weighted by Gasteiger charge is 2.26. The van der Waals surface area contributed by atoms with Gasteiger partial charge in [-0.1, -0.05) is 24.3 Å². The van der Waals surface area contributed by atoms with Crippen LogP contribution in [0.5, 0.6) is 5.75 Å². The molecule has 2 aliphatic heterocycles. The molecule has 0 bridgehead atoms. The molecule has 0 radical (unpaired) electrons. The number of rotatable bonds is 7. The summed E-state index contributed by atoms with van der Waals surface area (Å²) in [6.07, 6.45) is 2.42. The molecule has 0 aromatic heterocycles. The van der Waals surface area contributed by atoms with E-state index in [4.69, 9.17) is 10.00 Å². The van der Waals surface area contributed by atoms with E-state index in [-0.39, 0.29) is 12.1 Å². The molecule has 2 fully saturated rings. The van der Waals surface area contributed by atoms with E-state index in [9.17, 15) is 4.79 Å². The van der Waals surface area contributed by atoms with Gasteiger partial charge in [0.1, 0.15) is 5.75 Å². The number of piperazine rings is 1. The number of nitrogens with zero attached hydrogens (tertiary/aromatic N) is 4. The monoisotopic (exact) mass is 447 g/mol. The van der Waals surface area contributed by atoms with Crippen molar-refractivity contribution in [2.24, 2.45) is 0 Å². The van der Waals surface area contributed by atoms with Crippen LogP contribution in [0, 0.1) is 11.3 Å². The van der Waals surface area contributed by atoms with Crippen LogP contribution in [0.15, 0.2) is 48.5 Å². The summed E-state index contributed by atoms with van der Waals surface area (Å²) >= 11 is 0. The standard InChI is InChI=1S/C26H33N5O2/c1-33-24-10-8-23(9-11-24)25(30-12-2-3-13-30)19-28-26(32)31-16-14-29(15-17-31)20-22-6-4-21(18-27)5-7-22/h4-11,25H,2-3,12-17,19-20H2,1H3,(H,28,32)/t25-/m1/s1. The number of urea groups is 1. The molecule has 1 atom stereocenters. The van der Waals surface area contributed by atoms with Crippen LogP contribution in [0.4, 0.5) is 4.79 Å². The number of carbonyl (C=O) groups excluding carboxylic acids is 1. The van der Waals surface area contributed by atoms with Crippen LogP contribution < -0.4 is 10.1 Å². The number of likely N-dealkylation sites (tertiary alicyclic amines) is 1. The summed E-state index contributed by atoms with van der Waals surface area (Å²) in [6.45, 7) is 6.73. The van der Waals surface area contributed by atoms with E-state index in [1.807, 2.05) is 41.3 Å². The molecule has 7 heteroatoms. The highest BCUT2D eigenvalue weighted by atomic mass is 16.5. The summed E-state index contributed by atoms with van der Waals surface area (Å²) in [7, 11) is 1.68. The fourth-order valence-electron chi connectivity index (χ4n) is 4.68. The maximum absolute atomic E-state index is 12.9. The highest BCUT2D eigenvalue weighted by molar-refractivity contribution is 5.74. The Balaban J connectivity index is 1.28. The number of ether oxygens (including phenoxy) is 1. The molecule has 7 nitrogen and oxygen atoms in total. The van der Waals surface area contributed by atoms with Crippen molar-refractivity contribution in [3.63, 3.8) is 0 Å². The van der Waals surface area contributed by atoms with Gasteiger partial charge in [-0.25, -0.2) is 4.79 Å². The first-order valence-electron chi connectivity index (χ1n) is 11.8. The molecule has 1 N–H and O–H groups in total. The first kappa shape index (κ1) is 23.1. The average Bonchev–Trinajstić information content (AvgIpc) is 3.40. The molecule has 2 heterocycles. The Labute approximate surface area is 196 Å². The van der Waals surface area contributed by atoms with Crippen molar-refractivity contribution < 1.29 is 9.53 Å². The van der Waals surface area contributed by atoms with Crippen LogP contribution in [0.3, 0.4) is 0 Å². The molecule has 4 rings (SSSR count). The Morgan fingerprint density at radius 2 is 1.67 bits per heavy atom. The van der Waals surface area contributed by atoms with Crippen molar-refractivity contribution in [3.8, 4) is 11.8 Å². The first-order chi connectivity index (χ1) is 16.2. The molecule has 0 saturated carbocycles. The predicted molar refractivity (Wildman–Crippen MR) is 128 cm³/mol. The van der Waals surface area contributed by atoms with Crippen LogP contribution in [0.2, 0.25) is 0 Å². The molecule has 33 heavy (non-hydrogen) atoms. The zero-order chi connectivity index (χ0) is 23.0. The smallest absolute Gasteiger partial charge is 0.317 e. The molecule has 2 saturated heterocycles. The van der Waals surface area contributed by atoms with E-state index in [2.05, 4.69) is 33.3 Å². The summed E-state index contributed by atoms with van der Waals surface area (Å²) in [5, 5.41) is 12.1. The number of amides is 2. The number of hydrogen-bond donors (Lipinski definition) is 1. The van der Waals surface area contributed by atoms with E-state index < -0.39 is 0 Å². The van der Waals surface area contributed by atoms with Crippen LogP contribution in [-0.2, 0) is 6.54 Å². The minimum Gasteiger partial charge on any atom is -0.497 e. The molecular weight excluding hydrogens is 414 g/mol. The lowest BCUT2D eigenvalue weighted by Gasteiger charge is -2.35. The van der Waals surface area contributed by atoms with Crippen LogP contribution in [0.25, 0.3) is 0 Å². The van der Waals surface area contributed by atoms with Crippen LogP contribution in [0.1, 0.15) is 35.6 Å². The second-order valence-electron chi connectivity index (χ2n) is 8.79. The van der Waals surface area contributed by atoms with Gasteiger partial charge in [-0.2, -0.15) is 5.26 Å². The molecule has 0 spiro atoms. The Morgan fingerprint density at radius 3 is 2.27 bits per heavy atom. The van der Waals surface area contributed by atoms with E-state index in [0.29, 0.717) is 12.1 Å². The fourth-order valence-corrected chi connectivity index (χ4v) is 4.68. The summed E-state index contributed by atoms with van der Waals surface area (Å²) in [6, 6.07) is 18.3. The van der Waals surface area contributed by atoms with Crippen molar-refractivity contribution in [2.75, 3.05) is 52.9 Å². The Hall–Kier alpha value is -3.08. The minimum absolute atomic E-state index is 0.0192. The third-order valence-corrected chi connectivity index (χ3v) is 6.68. The number of nitriles is 1. The lowest BCUT2D eigenvalue weighted by Crippen LogP contribution is -2.52. The van der Waals surface area contributed by atoms with Gasteiger partial charge in [0.15, 0.2) is 0 Å². The van der Waals surface area contributed by atoms with Crippen molar-refractivity contribution in [1.29, 1.82) is 5.26 Å². The predicted octanol–water partition coefficient (Wildman–Crippen LogP) is 3.23. The molecule has 174 valence electrons. The maximum Gasteiger partial charge on any atom is 0.317 e. The number of methoxy groups -OCH3 is 1. The lowest BCUT2D eigenvalue weighted by atomic mass is 10.1. The summed E-state index contributed by atoms with van der Waals surface area (Å²) < 4.78 is 5.30. The van der Waals surface area contributed by atoms with Gasteiger partial charge in [-0.3, -0.25) is 9.80 Å².